The van der Waals surface area contributed by atoms with Crippen LogP contribution in [0.5, 0.6) is 0 Å². The van der Waals surface area contributed by atoms with E-state index >= 15 is 0 Å². The summed E-state index contributed by atoms with van der Waals surface area (Å²) in [6.45, 7) is 0. The van der Waals surface area contributed by atoms with Gasteiger partial charge in [0.25, 0.3) is 5.91 Å². The van der Waals surface area contributed by atoms with Crippen LogP contribution in [0.1, 0.15) is 29.4 Å². The van der Waals surface area contributed by atoms with Crippen molar-refractivity contribution in [3.8, 4) is 0 Å². The first-order valence-corrected chi connectivity index (χ1v) is 6.97. The molecule has 0 unspecified atom stereocenters. The summed E-state index contributed by atoms with van der Waals surface area (Å²) in [5.74, 6) is -0.108. The standard InChI is InChI=1S/C14H14BrN3O/c15-9-6-13(18(8-9)12-4-5-12)14(19)17-11-3-1-2-10(16)7-11/h1-3,6-8,12H,4-5,16H2,(H,17,19). The molecule has 0 aliphatic heterocycles. The van der Waals surface area contributed by atoms with E-state index in [4.69, 9.17) is 5.73 Å². The largest absolute Gasteiger partial charge is 0.399 e. The van der Waals surface area contributed by atoms with E-state index < -0.39 is 0 Å². The van der Waals surface area contributed by atoms with Crippen molar-refractivity contribution >= 4 is 33.2 Å². The Labute approximate surface area is 119 Å². The van der Waals surface area contributed by atoms with Gasteiger partial charge in [-0.2, -0.15) is 0 Å². The molecule has 5 heteroatoms. The topological polar surface area (TPSA) is 60.0 Å². The number of nitrogen functional groups attached to an aromatic ring is 1. The van der Waals surface area contributed by atoms with Crippen LogP contribution in [0.15, 0.2) is 41.0 Å². The molecule has 19 heavy (non-hydrogen) atoms. The van der Waals surface area contributed by atoms with Gasteiger partial charge in [-0.25, -0.2) is 0 Å². The van der Waals surface area contributed by atoms with Gasteiger partial charge in [-0.05, 0) is 53.0 Å². The number of aromatic nitrogens is 1. The van der Waals surface area contributed by atoms with Gasteiger partial charge in [-0.15, -0.1) is 0 Å². The van der Waals surface area contributed by atoms with Gasteiger partial charge in [0.2, 0.25) is 0 Å². The number of amides is 1. The van der Waals surface area contributed by atoms with Gasteiger partial charge in [-0.1, -0.05) is 6.07 Å². The van der Waals surface area contributed by atoms with Gasteiger partial charge < -0.3 is 15.6 Å². The molecule has 98 valence electrons. The molecule has 0 bridgehead atoms. The zero-order valence-corrected chi connectivity index (χ0v) is 11.9. The van der Waals surface area contributed by atoms with Crippen molar-refractivity contribution in [3.05, 3.63) is 46.7 Å². The minimum atomic E-state index is -0.108. The van der Waals surface area contributed by atoms with Crippen LogP contribution in [0, 0.1) is 0 Å². The maximum absolute atomic E-state index is 12.3. The number of nitrogens with two attached hydrogens (primary N) is 1. The molecule has 0 spiro atoms. The molecule has 1 saturated carbocycles. The molecule has 1 amide bonds. The Morgan fingerprint density at radius 2 is 2.16 bits per heavy atom. The quantitative estimate of drug-likeness (QED) is 0.851. The highest BCUT2D eigenvalue weighted by atomic mass is 79.9. The van der Waals surface area contributed by atoms with E-state index in [9.17, 15) is 4.79 Å². The maximum atomic E-state index is 12.3. The number of anilines is 2. The summed E-state index contributed by atoms with van der Waals surface area (Å²) in [6, 6.07) is 9.50. The minimum Gasteiger partial charge on any atom is -0.399 e. The van der Waals surface area contributed by atoms with Crippen molar-refractivity contribution in [1.82, 2.24) is 4.57 Å². The molecule has 1 aromatic heterocycles. The van der Waals surface area contributed by atoms with E-state index in [1.807, 2.05) is 29.0 Å². The lowest BCUT2D eigenvalue weighted by atomic mass is 10.2. The molecule has 1 aromatic carbocycles. The van der Waals surface area contributed by atoms with Crippen LogP contribution in [0.4, 0.5) is 11.4 Å². The van der Waals surface area contributed by atoms with Crippen LogP contribution < -0.4 is 11.1 Å². The third-order valence-corrected chi connectivity index (χ3v) is 3.57. The summed E-state index contributed by atoms with van der Waals surface area (Å²) in [4.78, 5) is 12.3. The Hall–Kier alpha value is -1.75. The van der Waals surface area contributed by atoms with E-state index in [2.05, 4.69) is 21.2 Å². The van der Waals surface area contributed by atoms with E-state index in [1.165, 1.54) is 0 Å². The summed E-state index contributed by atoms with van der Waals surface area (Å²) in [5.41, 5.74) is 7.73. The molecule has 4 nitrogen and oxygen atoms in total. The fourth-order valence-corrected chi connectivity index (χ4v) is 2.53. The van der Waals surface area contributed by atoms with Crippen molar-refractivity contribution in [1.29, 1.82) is 0 Å². The summed E-state index contributed by atoms with van der Waals surface area (Å²) >= 11 is 3.42. The van der Waals surface area contributed by atoms with E-state index in [1.54, 1.807) is 12.1 Å². The Morgan fingerprint density at radius 3 is 2.84 bits per heavy atom. The first kappa shape index (κ1) is 12.3. The number of hydrogen-bond donors (Lipinski definition) is 2. The van der Waals surface area contributed by atoms with Crippen molar-refractivity contribution in [3.63, 3.8) is 0 Å². The van der Waals surface area contributed by atoms with Crippen LogP contribution in [0.2, 0.25) is 0 Å². The zero-order chi connectivity index (χ0) is 13.4. The molecule has 0 saturated heterocycles. The molecule has 0 radical (unpaired) electrons. The molecular formula is C14H14BrN3O. The van der Waals surface area contributed by atoms with Gasteiger partial charge in [0, 0.05) is 28.1 Å². The Bertz CT molecular complexity index is 631. The van der Waals surface area contributed by atoms with E-state index in [0.29, 0.717) is 23.1 Å². The van der Waals surface area contributed by atoms with Gasteiger partial charge in [-0.3, -0.25) is 4.79 Å². The first-order chi connectivity index (χ1) is 9.13. The number of carbonyl (C=O) groups excluding carboxylic acids is 1. The van der Waals surface area contributed by atoms with Gasteiger partial charge in [0.15, 0.2) is 0 Å². The Morgan fingerprint density at radius 1 is 1.37 bits per heavy atom. The highest BCUT2D eigenvalue weighted by Gasteiger charge is 2.27. The van der Waals surface area contributed by atoms with Crippen LogP contribution in [-0.2, 0) is 0 Å². The second kappa shape index (κ2) is 4.74. The average molecular weight is 320 g/mol. The van der Waals surface area contributed by atoms with Crippen molar-refractivity contribution in [2.75, 3.05) is 11.1 Å². The molecule has 1 aliphatic carbocycles. The van der Waals surface area contributed by atoms with Gasteiger partial charge >= 0.3 is 0 Å². The zero-order valence-electron chi connectivity index (χ0n) is 10.3. The van der Waals surface area contributed by atoms with Gasteiger partial charge in [0.05, 0.1) is 0 Å². The van der Waals surface area contributed by atoms with Crippen LogP contribution in [0.3, 0.4) is 0 Å². The SMILES string of the molecule is Nc1cccc(NC(=O)c2cc(Br)cn2C2CC2)c1. The molecule has 0 atom stereocenters. The average Bonchev–Trinajstić information content (AvgIpc) is 3.12. The lowest BCUT2D eigenvalue weighted by molar-refractivity contribution is 0.101. The fourth-order valence-electron chi connectivity index (χ4n) is 2.09. The predicted octanol–water partition coefficient (Wildman–Crippen LogP) is 3.42. The maximum Gasteiger partial charge on any atom is 0.272 e. The smallest absolute Gasteiger partial charge is 0.272 e. The molecule has 2 aromatic rings. The van der Waals surface area contributed by atoms with E-state index in [-0.39, 0.29) is 5.91 Å². The number of nitrogens with one attached hydrogen (secondary N) is 1. The lowest BCUT2D eigenvalue weighted by Crippen LogP contribution is -2.16. The molecule has 3 rings (SSSR count). The van der Waals surface area contributed by atoms with Gasteiger partial charge in [0.1, 0.15) is 5.69 Å². The number of hydrogen-bond acceptors (Lipinski definition) is 2. The summed E-state index contributed by atoms with van der Waals surface area (Å²) in [5, 5.41) is 2.87. The van der Waals surface area contributed by atoms with Crippen LogP contribution in [-0.4, -0.2) is 10.5 Å². The van der Waals surface area contributed by atoms with Crippen molar-refractivity contribution in [2.45, 2.75) is 18.9 Å². The first-order valence-electron chi connectivity index (χ1n) is 6.18. The van der Waals surface area contributed by atoms with E-state index in [0.717, 1.165) is 17.3 Å². The number of nitrogens with zero attached hydrogens (tertiary/aromatic N) is 1. The second-order valence-corrected chi connectivity index (χ2v) is 5.68. The Kier molecular flexibility index (Phi) is 3.06. The van der Waals surface area contributed by atoms with Crippen LogP contribution >= 0.6 is 15.9 Å². The predicted molar refractivity (Wildman–Crippen MR) is 79.2 cm³/mol. The third-order valence-electron chi connectivity index (χ3n) is 3.13. The molecule has 3 N–H and O–H groups in total. The van der Waals surface area contributed by atoms with Crippen LogP contribution in [0.25, 0.3) is 0 Å². The normalized spacial score (nSPS) is 14.4. The highest BCUT2D eigenvalue weighted by Crippen LogP contribution is 2.37. The van der Waals surface area contributed by atoms with Crippen molar-refractivity contribution in [2.24, 2.45) is 0 Å². The Balaban J connectivity index is 1.84. The summed E-state index contributed by atoms with van der Waals surface area (Å²) in [7, 11) is 0. The monoisotopic (exact) mass is 319 g/mol. The molecular weight excluding hydrogens is 306 g/mol. The molecule has 1 heterocycles. The number of benzene rings is 1. The molecule has 1 fully saturated rings. The summed E-state index contributed by atoms with van der Waals surface area (Å²) in [6.07, 6.45) is 4.24. The summed E-state index contributed by atoms with van der Waals surface area (Å²) < 4.78 is 2.96. The fraction of sp³-hybridized carbons (Fsp3) is 0.214. The number of halogens is 1. The van der Waals surface area contributed by atoms with Crippen molar-refractivity contribution < 1.29 is 4.79 Å². The number of rotatable bonds is 3. The third kappa shape index (κ3) is 2.66. The minimum absolute atomic E-state index is 0.108. The highest BCUT2D eigenvalue weighted by molar-refractivity contribution is 9.10. The lowest BCUT2D eigenvalue weighted by Gasteiger charge is -2.09. The number of carbonyl (C=O) groups is 1. The molecule has 1 aliphatic rings. The second-order valence-electron chi connectivity index (χ2n) is 4.76.